The number of hydrogen-bond donors (Lipinski definition) is 1. The number of carboxylic acids is 1. The Morgan fingerprint density at radius 1 is 1.47 bits per heavy atom. The third kappa shape index (κ3) is 4.06. The molecule has 3 unspecified atom stereocenters. The summed E-state index contributed by atoms with van der Waals surface area (Å²) in [4.78, 5) is 11.1. The number of thioether (sulfide) groups is 1. The van der Waals surface area contributed by atoms with Crippen molar-refractivity contribution in [1.82, 2.24) is 0 Å². The molecule has 1 rings (SSSR count). The van der Waals surface area contributed by atoms with E-state index in [4.69, 9.17) is 5.11 Å². The van der Waals surface area contributed by atoms with Crippen LogP contribution in [0.2, 0.25) is 0 Å². The van der Waals surface area contributed by atoms with E-state index in [0.717, 1.165) is 25.0 Å². The maximum absolute atomic E-state index is 11.1. The van der Waals surface area contributed by atoms with Gasteiger partial charge in [-0.2, -0.15) is 11.8 Å². The van der Waals surface area contributed by atoms with Gasteiger partial charge in [0.05, 0.1) is 5.92 Å². The average molecular weight is 230 g/mol. The molecule has 1 fully saturated rings. The average Bonchev–Trinajstić information content (AvgIpc) is 2.18. The molecule has 3 heteroatoms. The van der Waals surface area contributed by atoms with Crippen LogP contribution in [-0.2, 0) is 4.79 Å². The molecule has 88 valence electrons. The number of aliphatic carboxylic acids is 1. The molecule has 0 aromatic heterocycles. The first-order chi connectivity index (χ1) is 7.15. The molecule has 1 aliphatic carbocycles. The summed E-state index contributed by atoms with van der Waals surface area (Å²) in [7, 11) is 0. The smallest absolute Gasteiger partial charge is 0.307 e. The molecule has 15 heavy (non-hydrogen) atoms. The van der Waals surface area contributed by atoms with E-state index in [2.05, 4.69) is 13.8 Å². The molecule has 1 saturated carbocycles. The summed E-state index contributed by atoms with van der Waals surface area (Å²) >= 11 is 1.88. The zero-order valence-corrected chi connectivity index (χ0v) is 10.6. The Labute approximate surface area is 96.8 Å². The highest BCUT2D eigenvalue weighted by Gasteiger charge is 2.33. The molecule has 0 radical (unpaired) electrons. The third-order valence-electron chi connectivity index (χ3n) is 3.20. The number of hydrogen-bond acceptors (Lipinski definition) is 2. The van der Waals surface area contributed by atoms with Crippen molar-refractivity contribution in [1.29, 1.82) is 0 Å². The molecule has 0 aromatic rings. The first kappa shape index (κ1) is 12.9. The van der Waals surface area contributed by atoms with Crippen molar-refractivity contribution in [3.8, 4) is 0 Å². The fraction of sp³-hybridized carbons (Fsp3) is 0.917. The molecule has 1 N–H and O–H groups in total. The molecule has 0 spiro atoms. The number of rotatable bonds is 5. The summed E-state index contributed by atoms with van der Waals surface area (Å²) in [6.07, 6.45) is 5.46. The number of unbranched alkanes of at least 4 members (excludes halogenated alkanes) is 1. The minimum Gasteiger partial charge on any atom is -0.481 e. The van der Waals surface area contributed by atoms with Crippen molar-refractivity contribution in [2.24, 2.45) is 11.8 Å². The summed E-state index contributed by atoms with van der Waals surface area (Å²) in [6, 6.07) is 0. The van der Waals surface area contributed by atoms with Crippen molar-refractivity contribution in [3.05, 3.63) is 0 Å². The van der Waals surface area contributed by atoms with Gasteiger partial charge in [-0.05, 0) is 37.4 Å². The van der Waals surface area contributed by atoms with E-state index in [1.54, 1.807) is 0 Å². The molecule has 0 aromatic carbocycles. The highest BCUT2D eigenvalue weighted by atomic mass is 32.2. The van der Waals surface area contributed by atoms with Gasteiger partial charge in [0.2, 0.25) is 0 Å². The van der Waals surface area contributed by atoms with Crippen molar-refractivity contribution < 1.29 is 9.90 Å². The first-order valence-electron chi connectivity index (χ1n) is 5.99. The van der Waals surface area contributed by atoms with Crippen LogP contribution in [0.4, 0.5) is 0 Å². The SMILES string of the molecule is CCCCSC1CC(C)CCC1C(=O)O. The van der Waals surface area contributed by atoms with Gasteiger partial charge >= 0.3 is 5.97 Å². The number of carbonyl (C=O) groups is 1. The van der Waals surface area contributed by atoms with E-state index in [-0.39, 0.29) is 5.92 Å². The van der Waals surface area contributed by atoms with E-state index < -0.39 is 5.97 Å². The monoisotopic (exact) mass is 230 g/mol. The van der Waals surface area contributed by atoms with Crippen molar-refractivity contribution in [2.45, 2.75) is 51.2 Å². The summed E-state index contributed by atoms with van der Waals surface area (Å²) in [5, 5.41) is 9.50. The van der Waals surface area contributed by atoms with Crippen LogP contribution in [0.3, 0.4) is 0 Å². The minimum absolute atomic E-state index is 0.0944. The van der Waals surface area contributed by atoms with Crippen LogP contribution in [0.25, 0.3) is 0 Å². The molecule has 0 amide bonds. The summed E-state index contributed by atoms with van der Waals surface area (Å²) in [5.41, 5.74) is 0. The second-order valence-electron chi connectivity index (χ2n) is 4.63. The molecule has 0 saturated heterocycles. The number of carboxylic acid groups (broad SMARTS) is 1. The standard InChI is InChI=1S/C12H22O2S/c1-3-4-7-15-11-8-9(2)5-6-10(11)12(13)14/h9-11H,3-8H2,1-2H3,(H,13,14). The Balaban J connectivity index is 2.43. The molecule has 0 heterocycles. The highest BCUT2D eigenvalue weighted by Crippen LogP contribution is 2.36. The Morgan fingerprint density at radius 2 is 2.20 bits per heavy atom. The van der Waals surface area contributed by atoms with Crippen LogP contribution in [0.5, 0.6) is 0 Å². The maximum atomic E-state index is 11.1. The van der Waals surface area contributed by atoms with E-state index >= 15 is 0 Å². The second kappa shape index (κ2) is 6.41. The third-order valence-corrected chi connectivity index (χ3v) is 4.67. The Kier molecular flexibility index (Phi) is 5.51. The minimum atomic E-state index is -0.587. The molecule has 0 bridgehead atoms. The van der Waals surface area contributed by atoms with E-state index in [0.29, 0.717) is 11.2 Å². The van der Waals surface area contributed by atoms with Crippen molar-refractivity contribution in [3.63, 3.8) is 0 Å². The summed E-state index contributed by atoms with van der Waals surface area (Å²) in [5.74, 6) is 1.15. The lowest BCUT2D eigenvalue weighted by molar-refractivity contribution is -0.142. The van der Waals surface area contributed by atoms with Crippen LogP contribution in [0.15, 0.2) is 0 Å². The molecule has 2 nitrogen and oxygen atoms in total. The van der Waals surface area contributed by atoms with Crippen LogP contribution in [0, 0.1) is 11.8 Å². The van der Waals surface area contributed by atoms with Gasteiger partial charge < -0.3 is 5.11 Å². The van der Waals surface area contributed by atoms with E-state index in [9.17, 15) is 4.79 Å². The van der Waals surface area contributed by atoms with Gasteiger partial charge in [0.25, 0.3) is 0 Å². The van der Waals surface area contributed by atoms with Gasteiger partial charge in [-0.25, -0.2) is 0 Å². The largest absolute Gasteiger partial charge is 0.481 e. The van der Waals surface area contributed by atoms with E-state index in [1.807, 2.05) is 11.8 Å². The molecular weight excluding hydrogens is 208 g/mol. The van der Waals surface area contributed by atoms with Crippen molar-refractivity contribution >= 4 is 17.7 Å². The van der Waals surface area contributed by atoms with Gasteiger partial charge in [-0.3, -0.25) is 4.79 Å². The Bertz CT molecular complexity index is 206. The van der Waals surface area contributed by atoms with E-state index in [1.165, 1.54) is 12.8 Å². The quantitative estimate of drug-likeness (QED) is 0.735. The Morgan fingerprint density at radius 3 is 2.80 bits per heavy atom. The molecular formula is C12H22O2S. The summed E-state index contributed by atoms with van der Waals surface area (Å²) in [6.45, 7) is 4.42. The van der Waals surface area contributed by atoms with Crippen LogP contribution < -0.4 is 0 Å². The fourth-order valence-electron chi connectivity index (χ4n) is 2.17. The normalized spacial score (nSPS) is 31.5. The highest BCUT2D eigenvalue weighted by molar-refractivity contribution is 7.99. The van der Waals surface area contributed by atoms with Gasteiger partial charge in [0.1, 0.15) is 0 Å². The zero-order valence-electron chi connectivity index (χ0n) is 9.74. The van der Waals surface area contributed by atoms with Gasteiger partial charge in [0, 0.05) is 5.25 Å². The lowest BCUT2D eigenvalue weighted by Crippen LogP contribution is -2.32. The van der Waals surface area contributed by atoms with Gasteiger partial charge in [-0.15, -0.1) is 0 Å². The fourth-order valence-corrected chi connectivity index (χ4v) is 3.88. The predicted octanol–water partition coefficient (Wildman–Crippen LogP) is 3.41. The zero-order chi connectivity index (χ0) is 11.3. The topological polar surface area (TPSA) is 37.3 Å². The Hall–Kier alpha value is -0.180. The first-order valence-corrected chi connectivity index (χ1v) is 7.04. The van der Waals surface area contributed by atoms with Gasteiger partial charge in [0.15, 0.2) is 0 Å². The molecule has 3 atom stereocenters. The predicted molar refractivity (Wildman–Crippen MR) is 65.3 cm³/mol. The second-order valence-corrected chi connectivity index (χ2v) is 5.97. The summed E-state index contributed by atoms with van der Waals surface area (Å²) < 4.78 is 0. The van der Waals surface area contributed by atoms with Crippen molar-refractivity contribution in [2.75, 3.05) is 5.75 Å². The molecule has 1 aliphatic rings. The molecule has 0 aliphatic heterocycles. The lowest BCUT2D eigenvalue weighted by Gasteiger charge is -2.31. The maximum Gasteiger partial charge on any atom is 0.307 e. The van der Waals surface area contributed by atoms with Crippen LogP contribution >= 0.6 is 11.8 Å². The van der Waals surface area contributed by atoms with Gasteiger partial charge in [-0.1, -0.05) is 20.3 Å². The van der Waals surface area contributed by atoms with Crippen LogP contribution in [0.1, 0.15) is 46.0 Å². The van der Waals surface area contributed by atoms with Crippen LogP contribution in [-0.4, -0.2) is 22.1 Å². The lowest BCUT2D eigenvalue weighted by atomic mass is 9.82.